The van der Waals surface area contributed by atoms with Crippen molar-refractivity contribution < 1.29 is 72.1 Å². The van der Waals surface area contributed by atoms with Gasteiger partial charge in [0.1, 0.15) is 0 Å². The smallest absolute Gasteiger partial charge is 0.748 e. The molecule has 1 aromatic rings. The molecule has 2 rings (SSSR count). The van der Waals surface area contributed by atoms with Crippen molar-refractivity contribution in [3.63, 3.8) is 0 Å². The zero-order valence-electron chi connectivity index (χ0n) is 12.3. The summed E-state index contributed by atoms with van der Waals surface area (Å²) in [4.78, 5) is 0. The summed E-state index contributed by atoms with van der Waals surface area (Å²) in [5.74, 6) is 0. The van der Waals surface area contributed by atoms with Gasteiger partial charge in [-0.2, -0.15) is 28.4 Å². The maximum Gasteiger partial charge on any atom is 1.00 e. The van der Waals surface area contributed by atoms with Crippen LogP contribution in [0.15, 0.2) is 34.5 Å². The van der Waals surface area contributed by atoms with Crippen LogP contribution in [0, 0.1) is 6.07 Å². The quantitative estimate of drug-likeness (QED) is 0.261. The number of hydrogen-bond acceptors (Lipinski definition) is 6. The summed E-state index contributed by atoms with van der Waals surface area (Å²) in [5, 5.41) is 7.08. The molecule has 21 heavy (non-hydrogen) atoms. The maximum atomic E-state index is 11.1. The molecule has 6 nitrogen and oxygen atoms in total. The van der Waals surface area contributed by atoms with Crippen LogP contribution in [-0.2, 0) is 10.1 Å². The second kappa shape index (κ2) is 9.75. The first-order chi connectivity index (χ1) is 8.97. The first kappa shape index (κ1) is 21.7. The van der Waals surface area contributed by atoms with Gasteiger partial charge in [-0.15, -0.1) is 12.1 Å². The van der Waals surface area contributed by atoms with E-state index in [9.17, 15) is 13.0 Å². The van der Waals surface area contributed by atoms with Crippen LogP contribution in [0.4, 0.5) is 5.69 Å². The van der Waals surface area contributed by atoms with Gasteiger partial charge < -0.3 is 10.3 Å². The molecule has 0 saturated heterocycles. The van der Waals surface area contributed by atoms with Crippen molar-refractivity contribution in [3.05, 3.63) is 30.3 Å². The van der Waals surface area contributed by atoms with Crippen molar-refractivity contribution in [2.45, 2.75) is 36.6 Å². The Morgan fingerprint density at radius 2 is 1.86 bits per heavy atom. The molecule has 1 aromatic carbocycles. The molecule has 3 atom stereocenters. The third kappa shape index (κ3) is 6.76. The van der Waals surface area contributed by atoms with Gasteiger partial charge in [-0.25, -0.2) is 8.42 Å². The normalized spacial score (nSPS) is 25.9. The predicted octanol–water partition coefficient (Wildman–Crippen LogP) is -4.63. The summed E-state index contributed by atoms with van der Waals surface area (Å²) in [6.45, 7) is 0. The molecule has 1 aliphatic rings. The second-order valence-corrected chi connectivity index (χ2v) is 6.23. The Hall–Kier alpha value is 0.690. The molecule has 0 amide bonds. The van der Waals surface area contributed by atoms with Gasteiger partial charge in [0.05, 0.1) is 21.4 Å². The molecular weight excluding hydrogens is 312 g/mol. The molecule has 104 valence electrons. The van der Waals surface area contributed by atoms with Gasteiger partial charge in [0, 0.05) is 6.04 Å². The number of azo groups is 1. The Balaban J connectivity index is 0.00000200. The SMILES string of the molecule is NC1CCC(N=Nc2cc[c-]cc2)CC1S(=O)(=O)[O-].[Na+].[Na+]. The second-order valence-electron chi connectivity index (χ2n) is 4.64. The Labute approximate surface area is 169 Å². The van der Waals surface area contributed by atoms with E-state index in [2.05, 4.69) is 16.3 Å². The maximum absolute atomic E-state index is 11.1. The van der Waals surface area contributed by atoms with E-state index in [0.29, 0.717) is 18.5 Å². The molecule has 1 aliphatic carbocycles. The topological polar surface area (TPSA) is 108 Å². The Morgan fingerprint density at radius 3 is 2.43 bits per heavy atom. The van der Waals surface area contributed by atoms with E-state index in [4.69, 9.17) is 5.73 Å². The van der Waals surface area contributed by atoms with Gasteiger partial charge in [-0.1, -0.05) is 0 Å². The molecule has 3 unspecified atom stereocenters. The number of rotatable bonds is 3. The molecule has 0 spiro atoms. The standard InChI is InChI=1S/C12H16N3O3S.2Na/c13-11-7-6-10(8-12(11)19(16,17)18)15-14-9-4-2-1-3-5-9;;/h2-5,10-12H,6-8,13H2,(H,16,17,18);;/q-1;2*+1/p-1. The number of hydrogen-bond donors (Lipinski definition) is 1. The molecule has 0 aliphatic heterocycles. The minimum Gasteiger partial charge on any atom is -0.748 e. The summed E-state index contributed by atoms with van der Waals surface area (Å²) in [5.41, 5.74) is 6.36. The fourth-order valence-electron chi connectivity index (χ4n) is 2.16. The van der Waals surface area contributed by atoms with Gasteiger partial charge in [0.25, 0.3) is 0 Å². The molecule has 9 heteroatoms. The van der Waals surface area contributed by atoms with E-state index in [1.807, 2.05) is 0 Å². The van der Waals surface area contributed by atoms with Crippen molar-refractivity contribution in [2.75, 3.05) is 0 Å². The number of nitrogens with two attached hydrogens (primary N) is 1. The van der Waals surface area contributed by atoms with E-state index >= 15 is 0 Å². The molecule has 2 N–H and O–H groups in total. The fraction of sp³-hybridized carbons (Fsp3) is 0.500. The van der Waals surface area contributed by atoms with Gasteiger partial charge in [-0.3, -0.25) is 0 Å². The Morgan fingerprint density at radius 1 is 1.24 bits per heavy atom. The zero-order valence-corrected chi connectivity index (χ0v) is 17.1. The average Bonchev–Trinajstić information content (AvgIpc) is 2.37. The largest absolute Gasteiger partial charge is 1.00 e. The number of benzene rings is 1. The molecule has 0 radical (unpaired) electrons. The summed E-state index contributed by atoms with van der Waals surface area (Å²) in [7, 11) is -4.37. The minimum absolute atomic E-state index is 0. The first-order valence-corrected chi connectivity index (χ1v) is 7.51. The first-order valence-electron chi connectivity index (χ1n) is 6.04. The molecule has 0 aromatic heterocycles. The minimum atomic E-state index is -4.37. The molecule has 0 heterocycles. The summed E-state index contributed by atoms with van der Waals surface area (Å²) in [6.07, 6.45) is 1.27. The molecule has 0 bridgehead atoms. The van der Waals surface area contributed by atoms with Crippen LogP contribution in [0.3, 0.4) is 0 Å². The Bertz CT molecular complexity index is 554. The summed E-state index contributed by atoms with van der Waals surface area (Å²) < 4.78 is 33.3. The number of nitrogens with zero attached hydrogens (tertiary/aromatic N) is 2. The van der Waals surface area contributed by atoms with Crippen LogP contribution in [-0.4, -0.2) is 30.3 Å². The van der Waals surface area contributed by atoms with Crippen LogP contribution in [0.5, 0.6) is 0 Å². The van der Waals surface area contributed by atoms with Gasteiger partial charge in [-0.05, 0) is 24.9 Å². The third-order valence-corrected chi connectivity index (χ3v) is 4.51. The van der Waals surface area contributed by atoms with Crippen LogP contribution in [0.25, 0.3) is 0 Å². The molecule has 1 fully saturated rings. The molecule has 1 saturated carbocycles. The van der Waals surface area contributed by atoms with E-state index in [1.54, 1.807) is 24.3 Å². The van der Waals surface area contributed by atoms with E-state index in [0.717, 1.165) is 0 Å². The van der Waals surface area contributed by atoms with E-state index < -0.39 is 21.4 Å². The average molecular weight is 327 g/mol. The van der Waals surface area contributed by atoms with Crippen molar-refractivity contribution in [2.24, 2.45) is 16.0 Å². The van der Waals surface area contributed by atoms with Crippen LogP contribution >= 0.6 is 0 Å². The zero-order chi connectivity index (χ0) is 13.9. The molecular formula is C12H15N3Na2O3S. The van der Waals surface area contributed by atoms with Crippen molar-refractivity contribution in [1.29, 1.82) is 0 Å². The van der Waals surface area contributed by atoms with E-state index in [1.165, 1.54) is 0 Å². The predicted molar refractivity (Wildman–Crippen MR) is 68.9 cm³/mol. The Kier molecular flexibility index (Phi) is 10.1. The van der Waals surface area contributed by atoms with Gasteiger partial charge >= 0.3 is 59.1 Å². The van der Waals surface area contributed by atoms with Gasteiger partial charge in [0.15, 0.2) is 0 Å². The summed E-state index contributed by atoms with van der Waals surface area (Å²) >= 11 is 0. The monoisotopic (exact) mass is 327 g/mol. The van der Waals surface area contributed by atoms with Crippen molar-refractivity contribution in [1.82, 2.24) is 0 Å². The fourth-order valence-corrected chi connectivity index (χ4v) is 3.18. The third-order valence-electron chi connectivity index (χ3n) is 3.22. The van der Waals surface area contributed by atoms with Crippen LogP contribution in [0.2, 0.25) is 0 Å². The van der Waals surface area contributed by atoms with Crippen LogP contribution in [0.1, 0.15) is 19.3 Å². The van der Waals surface area contributed by atoms with Crippen molar-refractivity contribution in [3.8, 4) is 0 Å². The summed E-state index contributed by atoms with van der Waals surface area (Å²) in [6, 6.07) is 8.94. The van der Waals surface area contributed by atoms with Crippen molar-refractivity contribution >= 4 is 15.8 Å². The van der Waals surface area contributed by atoms with E-state index in [-0.39, 0.29) is 71.6 Å². The van der Waals surface area contributed by atoms with Gasteiger partial charge in [0.2, 0.25) is 0 Å². The van der Waals surface area contributed by atoms with Crippen LogP contribution < -0.4 is 64.8 Å².